The second-order valence-corrected chi connectivity index (χ2v) is 6.91. The molecule has 0 aliphatic rings. The standard InChI is InChI=1S/C16H17N3O5S.Na/c1-11-15(17-10-25(21,22)23)16(20)19(18(11)2)14-6-4-3-5-13(14)12-7-8-24-9-12;/h3-9,17H,10H2,1-2H3,(H,21,22,23);/q;+1/p-1. The molecule has 0 saturated heterocycles. The topological polar surface area (TPSA) is 109 Å². The molecule has 0 aliphatic carbocycles. The van der Waals surface area contributed by atoms with Gasteiger partial charge in [-0.05, 0) is 19.1 Å². The normalized spacial score (nSPS) is 11.2. The molecule has 0 spiro atoms. The minimum Gasteiger partial charge on any atom is -0.747 e. The molecule has 132 valence electrons. The van der Waals surface area contributed by atoms with Crippen LogP contribution in [-0.4, -0.2) is 28.2 Å². The molecule has 3 aromatic rings. The van der Waals surface area contributed by atoms with Crippen LogP contribution in [0.15, 0.2) is 52.1 Å². The van der Waals surface area contributed by atoms with E-state index in [0.717, 1.165) is 11.1 Å². The Balaban J connectivity index is 0.00000243. The van der Waals surface area contributed by atoms with E-state index in [-0.39, 0.29) is 35.2 Å². The summed E-state index contributed by atoms with van der Waals surface area (Å²) in [5, 5.41) is 2.43. The maximum absolute atomic E-state index is 12.8. The van der Waals surface area contributed by atoms with E-state index in [4.69, 9.17) is 4.42 Å². The second-order valence-electron chi connectivity index (χ2n) is 5.51. The van der Waals surface area contributed by atoms with Gasteiger partial charge in [-0.15, -0.1) is 0 Å². The largest absolute Gasteiger partial charge is 1.00 e. The van der Waals surface area contributed by atoms with Crippen molar-refractivity contribution in [2.45, 2.75) is 6.92 Å². The number of hydrogen-bond acceptors (Lipinski definition) is 6. The van der Waals surface area contributed by atoms with Gasteiger partial charge in [-0.25, -0.2) is 13.1 Å². The molecule has 1 N–H and O–H groups in total. The molecule has 2 heterocycles. The van der Waals surface area contributed by atoms with E-state index in [1.54, 1.807) is 43.1 Å². The fourth-order valence-corrected chi connectivity index (χ4v) is 2.99. The zero-order chi connectivity index (χ0) is 18.2. The van der Waals surface area contributed by atoms with Gasteiger partial charge in [0.25, 0.3) is 5.56 Å². The van der Waals surface area contributed by atoms with Crippen molar-refractivity contribution in [3.8, 4) is 16.8 Å². The van der Waals surface area contributed by atoms with Crippen molar-refractivity contribution in [1.82, 2.24) is 9.36 Å². The predicted molar refractivity (Wildman–Crippen MR) is 91.6 cm³/mol. The van der Waals surface area contributed by atoms with Gasteiger partial charge in [-0.1, -0.05) is 18.2 Å². The summed E-state index contributed by atoms with van der Waals surface area (Å²) in [5.74, 6) is -0.851. The molecule has 0 aliphatic heterocycles. The number of nitrogens with one attached hydrogen (secondary N) is 1. The van der Waals surface area contributed by atoms with Gasteiger partial charge in [-0.3, -0.25) is 9.48 Å². The first-order valence-corrected chi connectivity index (χ1v) is 8.95. The van der Waals surface area contributed by atoms with Gasteiger partial charge < -0.3 is 14.3 Å². The Morgan fingerprint density at radius 3 is 2.54 bits per heavy atom. The SMILES string of the molecule is Cc1c(NCS(=O)(=O)[O-])c(=O)n(-c2ccccc2-c2ccoc2)n1C.[Na+]. The number of nitrogens with zero attached hydrogens (tertiary/aromatic N) is 2. The van der Waals surface area contributed by atoms with E-state index in [2.05, 4.69) is 5.32 Å². The number of benzene rings is 1. The number of aromatic nitrogens is 2. The second kappa shape index (κ2) is 7.85. The van der Waals surface area contributed by atoms with Crippen LogP contribution in [0.25, 0.3) is 16.8 Å². The van der Waals surface area contributed by atoms with Crippen molar-refractivity contribution >= 4 is 15.8 Å². The molecule has 3 rings (SSSR count). The van der Waals surface area contributed by atoms with Gasteiger partial charge >= 0.3 is 29.6 Å². The molecule has 2 aromatic heterocycles. The summed E-state index contributed by atoms with van der Waals surface area (Å²) in [4.78, 5) is 12.8. The van der Waals surface area contributed by atoms with Gasteiger partial charge in [0.1, 0.15) is 21.7 Å². The van der Waals surface area contributed by atoms with Crippen molar-refractivity contribution in [3.05, 3.63) is 58.9 Å². The van der Waals surface area contributed by atoms with E-state index >= 15 is 0 Å². The summed E-state index contributed by atoms with van der Waals surface area (Å²) in [7, 11) is -2.82. The van der Waals surface area contributed by atoms with Crippen molar-refractivity contribution in [2.75, 3.05) is 11.2 Å². The fraction of sp³-hybridized carbons (Fsp3) is 0.188. The van der Waals surface area contributed by atoms with Crippen LogP contribution in [0.1, 0.15) is 5.69 Å². The molecular formula is C16H16N3NaO5S. The molecule has 0 radical (unpaired) electrons. The maximum Gasteiger partial charge on any atom is 1.00 e. The number of rotatable bonds is 5. The minimum atomic E-state index is -4.50. The van der Waals surface area contributed by atoms with Crippen LogP contribution in [0.3, 0.4) is 0 Å². The third kappa shape index (κ3) is 3.97. The van der Waals surface area contributed by atoms with Gasteiger partial charge in [0.15, 0.2) is 0 Å². The van der Waals surface area contributed by atoms with E-state index in [0.29, 0.717) is 11.4 Å². The summed E-state index contributed by atoms with van der Waals surface area (Å²) in [6.07, 6.45) is 3.11. The predicted octanol–water partition coefficient (Wildman–Crippen LogP) is -1.34. The van der Waals surface area contributed by atoms with Gasteiger partial charge in [0.05, 0.1) is 23.9 Å². The van der Waals surface area contributed by atoms with Crippen LogP contribution < -0.4 is 40.4 Å². The summed E-state index contributed by atoms with van der Waals surface area (Å²) >= 11 is 0. The molecule has 0 bridgehead atoms. The first-order chi connectivity index (χ1) is 11.8. The number of furan rings is 1. The smallest absolute Gasteiger partial charge is 0.747 e. The van der Waals surface area contributed by atoms with Gasteiger partial charge in [0.2, 0.25) is 0 Å². The Kier molecular flexibility index (Phi) is 6.20. The molecule has 0 fully saturated rings. The third-order valence-electron chi connectivity index (χ3n) is 3.94. The van der Waals surface area contributed by atoms with Crippen LogP contribution in [0.5, 0.6) is 0 Å². The Morgan fingerprint density at radius 1 is 1.23 bits per heavy atom. The van der Waals surface area contributed by atoms with Crippen molar-refractivity contribution < 1.29 is 46.9 Å². The quantitative estimate of drug-likeness (QED) is 0.430. The first-order valence-electron chi connectivity index (χ1n) is 7.37. The van der Waals surface area contributed by atoms with Gasteiger partial charge in [-0.2, -0.15) is 0 Å². The zero-order valence-electron chi connectivity index (χ0n) is 14.6. The van der Waals surface area contributed by atoms with E-state index in [1.807, 2.05) is 12.1 Å². The molecule has 8 nitrogen and oxygen atoms in total. The minimum absolute atomic E-state index is 0. The molecule has 10 heteroatoms. The number of para-hydroxylation sites is 1. The van der Waals surface area contributed by atoms with Crippen molar-refractivity contribution in [3.63, 3.8) is 0 Å². The van der Waals surface area contributed by atoms with Gasteiger partial charge in [0, 0.05) is 18.2 Å². The Bertz CT molecular complexity index is 1070. The summed E-state index contributed by atoms with van der Waals surface area (Å²) in [6.45, 7) is 1.66. The first kappa shape index (κ1) is 20.5. The Hall–Kier alpha value is -1.78. The summed E-state index contributed by atoms with van der Waals surface area (Å²) in [5.41, 5.74) is 2.33. The number of hydrogen-bond donors (Lipinski definition) is 1. The Morgan fingerprint density at radius 2 is 1.92 bits per heavy atom. The fourth-order valence-electron chi connectivity index (χ4n) is 2.66. The summed E-state index contributed by atoms with van der Waals surface area (Å²) in [6, 6.07) is 9.04. The monoisotopic (exact) mass is 385 g/mol. The van der Waals surface area contributed by atoms with Crippen molar-refractivity contribution in [1.29, 1.82) is 0 Å². The van der Waals surface area contributed by atoms with Crippen LogP contribution in [0.2, 0.25) is 0 Å². The van der Waals surface area contributed by atoms with Crippen LogP contribution in [-0.2, 0) is 17.2 Å². The Labute approximate surface area is 172 Å². The third-order valence-corrected chi connectivity index (χ3v) is 4.44. The summed E-state index contributed by atoms with van der Waals surface area (Å²) < 4.78 is 40.7. The molecule has 0 unspecified atom stereocenters. The molecule has 1 aromatic carbocycles. The van der Waals surface area contributed by atoms with Crippen LogP contribution in [0.4, 0.5) is 5.69 Å². The molecule has 0 saturated carbocycles. The van der Waals surface area contributed by atoms with E-state index < -0.39 is 21.6 Å². The van der Waals surface area contributed by atoms with Crippen LogP contribution in [0, 0.1) is 6.92 Å². The zero-order valence-corrected chi connectivity index (χ0v) is 17.4. The molecule has 26 heavy (non-hydrogen) atoms. The van der Waals surface area contributed by atoms with E-state index in [9.17, 15) is 17.8 Å². The number of anilines is 1. The van der Waals surface area contributed by atoms with E-state index in [1.165, 1.54) is 10.9 Å². The maximum atomic E-state index is 12.8. The average Bonchev–Trinajstić information content (AvgIpc) is 3.14. The molecule has 0 atom stereocenters. The molecule has 0 amide bonds. The van der Waals surface area contributed by atoms with Crippen LogP contribution >= 0.6 is 0 Å². The molecular weight excluding hydrogens is 369 g/mol. The average molecular weight is 385 g/mol. The van der Waals surface area contributed by atoms with Crippen molar-refractivity contribution in [2.24, 2.45) is 7.05 Å².